The van der Waals surface area contributed by atoms with Crippen LogP contribution in [-0.4, -0.2) is 175 Å². The van der Waals surface area contributed by atoms with Gasteiger partial charge in [0, 0.05) is 8.95 Å². The number of aromatic hydroxyl groups is 1. The molecule has 0 bridgehead atoms. The quantitative estimate of drug-likeness (QED) is 0.0445. The molecular weight excluding hydrogens is 1270 g/mol. The molecular formula is C60H97BBr2N4O20. The summed E-state index contributed by atoms with van der Waals surface area (Å²) in [6, 6.07) is 18.3. The number of alkyl carbamates (subject to hydrolysis) is 4. The van der Waals surface area contributed by atoms with E-state index in [2.05, 4.69) is 53.1 Å². The van der Waals surface area contributed by atoms with Crippen molar-refractivity contribution in [3.05, 3.63) is 81.7 Å². The van der Waals surface area contributed by atoms with Crippen molar-refractivity contribution in [3.8, 4) is 17.2 Å². The van der Waals surface area contributed by atoms with Crippen LogP contribution in [0, 0.1) is 0 Å². The SMILES string of the molecule is C[C@@H](O)[C@@H](CO)NC(=O)OC(C)(C)C.C[C@@H](O)[C@@H](COc1ccc(B2OC(C)(C)C(C)(C)O2)cc1)NC(=O)OC(C)(C)C.C[C@@H](O)[C@@H](COc1ccc(Br)cc1)NC(=O)OC(C)(C)C.C[C@@H](O)[C@H](NC(=O)OC(C)(C)C)C(=O)O.Oc1ccc(Br)cc1. The number of carboxylic acids is 1. The van der Waals surface area contributed by atoms with Gasteiger partial charge in [-0.2, -0.15) is 0 Å². The number of phenols is 1. The number of aliphatic hydroxyl groups excluding tert-OH is 5. The monoisotopic (exact) mass is 1360 g/mol. The molecule has 1 heterocycles. The van der Waals surface area contributed by atoms with Crippen LogP contribution in [0.2, 0.25) is 0 Å². The van der Waals surface area contributed by atoms with Gasteiger partial charge in [0.1, 0.15) is 52.9 Å². The van der Waals surface area contributed by atoms with Crippen LogP contribution in [0.15, 0.2) is 81.7 Å². The van der Waals surface area contributed by atoms with Gasteiger partial charge in [-0.15, -0.1) is 0 Å². The fraction of sp³-hybridized carbons (Fsp3) is 0.617. The third-order valence-electron chi connectivity index (χ3n) is 11.4. The van der Waals surface area contributed by atoms with Crippen LogP contribution in [0.3, 0.4) is 0 Å². The number of rotatable bonds is 17. The number of aliphatic carboxylic acids is 1. The molecule has 8 atom stereocenters. The molecule has 0 unspecified atom stereocenters. The van der Waals surface area contributed by atoms with E-state index in [4.69, 9.17) is 63.3 Å². The molecule has 1 fully saturated rings. The highest BCUT2D eigenvalue weighted by atomic mass is 79.9. The fourth-order valence-electron chi connectivity index (χ4n) is 6.17. The Balaban J connectivity index is 0.00000113. The molecule has 1 aliphatic rings. The third-order valence-corrected chi connectivity index (χ3v) is 12.4. The average molecular weight is 1370 g/mol. The predicted molar refractivity (Wildman–Crippen MR) is 337 cm³/mol. The molecule has 24 nitrogen and oxygen atoms in total. The minimum atomic E-state index is -1.36. The first-order valence-electron chi connectivity index (χ1n) is 28.0. The maximum Gasteiger partial charge on any atom is 0.494 e. The molecule has 4 rings (SSSR count). The standard InChI is InChI=1S/C21H34BNO6.C15H22BrNO4.C9H17NO5.C9H19NO4.C6H5BrO/c1-14(24)17(23-18(25)27-19(2,3)4)13-26-16-11-9-15(10-12-16)22-28-20(5,6)21(7,8)29-22;1-10(18)13(17-14(19)21-15(2,3)4)9-20-12-7-5-11(16)6-8-12;1-5(11)6(7(12)13)10-8(14)15-9(2,3)4;1-6(12)7(5-11)10-8(13)14-9(2,3)4;7-5-1-3-6(8)4-2-5/h9-12,14,17,24H,13H2,1-8H3,(H,23,25);5-8,10,13,18H,9H2,1-4H3,(H,17,19);5-6,11H,1-4H3,(H,10,14)(H,12,13);6-7,11-12H,5H2,1-4H3,(H,10,13);1-4,8H/t14-,17-;10-,13-;5-,6+;6-,7-;/m1111./s1. The van der Waals surface area contributed by atoms with Gasteiger partial charge in [0.2, 0.25) is 0 Å². The number of phenolic OH excluding ortho intramolecular Hbond substituents is 1. The summed E-state index contributed by atoms with van der Waals surface area (Å²) in [6.07, 6.45) is -6.23. The molecule has 494 valence electrons. The van der Waals surface area contributed by atoms with Gasteiger partial charge in [0.15, 0.2) is 6.04 Å². The molecule has 4 amide bonds. The summed E-state index contributed by atoms with van der Waals surface area (Å²) in [7, 11) is -0.437. The van der Waals surface area contributed by atoms with Gasteiger partial charge in [-0.3, -0.25) is 0 Å². The van der Waals surface area contributed by atoms with E-state index in [9.17, 15) is 34.2 Å². The number of nitrogens with one attached hydrogen (secondary N) is 4. The number of benzene rings is 3. The van der Waals surface area contributed by atoms with Crippen LogP contribution in [0.4, 0.5) is 19.2 Å². The Bertz CT molecular complexity index is 2480. The Labute approximate surface area is 530 Å². The number of carbonyl (C=O) groups excluding carboxylic acids is 4. The van der Waals surface area contributed by atoms with Crippen molar-refractivity contribution in [3.63, 3.8) is 0 Å². The van der Waals surface area contributed by atoms with E-state index in [0.717, 1.165) is 14.4 Å². The lowest BCUT2D eigenvalue weighted by Gasteiger charge is -2.32. The Morgan fingerprint density at radius 3 is 1.05 bits per heavy atom. The predicted octanol–water partition coefficient (Wildman–Crippen LogP) is 8.49. The Morgan fingerprint density at radius 1 is 0.494 bits per heavy atom. The largest absolute Gasteiger partial charge is 0.508 e. The van der Waals surface area contributed by atoms with Crippen molar-refractivity contribution < 1.29 is 97.4 Å². The number of ether oxygens (including phenoxy) is 6. The van der Waals surface area contributed by atoms with Gasteiger partial charge >= 0.3 is 37.5 Å². The first kappa shape index (κ1) is 81.4. The molecule has 3 aromatic carbocycles. The van der Waals surface area contributed by atoms with Crippen LogP contribution in [0.25, 0.3) is 0 Å². The van der Waals surface area contributed by atoms with Crippen LogP contribution in [-0.2, 0) is 33.1 Å². The maximum absolute atomic E-state index is 12.0. The number of amides is 4. The van der Waals surface area contributed by atoms with E-state index >= 15 is 0 Å². The van der Waals surface area contributed by atoms with Gasteiger partial charge in [-0.05, 0) is 205 Å². The van der Waals surface area contributed by atoms with Gasteiger partial charge in [-0.25, -0.2) is 24.0 Å². The highest BCUT2D eigenvalue weighted by Gasteiger charge is 2.51. The summed E-state index contributed by atoms with van der Waals surface area (Å²) < 4.78 is 45.5. The molecule has 0 aromatic heterocycles. The van der Waals surface area contributed by atoms with Crippen LogP contribution >= 0.6 is 31.9 Å². The van der Waals surface area contributed by atoms with Gasteiger partial charge < -0.3 is 94.7 Å². The van der Waals surface area contributed by atoms with Crippen LogP contribution in [0.1, 0.15) is 138 Å². The number of carbonyl (C=O) groups is 5. The summed E-state index contributed by atoms with van der Waals surface area (Å²) in [5.41, 5.74) is -2.38. The highest BCUT2D eigenvalue weighted by Crippen LogP contribution is 2.36. The lowest BCUT2D eigenvalue weighted by molar-refractivity contribution is -0.142. The van der Waals surface area contributed by atoms with Crippen molar-refractivity contribution in [1.82, 2.24) is 21.3 Å². The molecule has 1 saturated heterocycles. The van der Waals surface area contributed by atoms with Crippen molar-refractivity contribution >= 4 is 74.8 Å². The molecule has 0 radical (unpaired) electrons. The second kappa shape index (κ2) is 36.7. The zero-order valence-electron chi connectivity index (χ0n) is 53.9. The number of halogens is 2. The Kier molecular flexibility index (Phi) is 34.4. The van der Waals surface area contributed by atoms with Crippen LogP contribution in [0.5, 0.6) is 17.2 Å². The summed E-state index contributed by atoms with van der Waals surface area (Å²) in [4.78, 5) is 56.6. The van der Waals surface area contributed by atoms with E-state index < -0.39 is 120 Å². The van der Waals surface area contributed by atoms with Crippen molar-refractivity contribution in [2.45, 2.75) is 221 Å². The molecule has 87 heavy (non-hydrogen) atoms. The summed E-state index contributed by atoms with van der Waals surface area (Å²) >= 11 is 6.57. The zero-order chi connectivity index (χ0) is 67.6. The molecule has 1 aliphatic heterocycles. The third kappa shape index (κ3) is 37.1. The van der Waals surface area contributed by atoms with E-state index in [-0.39, 0.29) is 19.8 Å². The minimum Gasteiger partial charge on any atom is -0.508 e. The molecule has 0 spiro atoms. The Hall–Kier alpha value is -5.65. The molecule has 27 heteroatoms. The van der Waals surface area contributed by atoms with Crippen molar-refractivity contribution in [2.75, 3.05) is 19.8 Å². The van der Waals surface area contributed by atoms with E-state index in [0.29, 0.717) is 17.2 Å². The normalized spacial score (nSPS) is 16.1. The number of aliphatic hydroxyl groups is 5. The van der Waals surface area contributed by atoms with Crippen LogP contribution < -0.4 is 36.2 Å². The Morgan fingerprint density at radius 2 is 0.782 bits per heavy atom. The highest BCUT2D eigenvalue weighted by molar-refractivity contribution is 9.10. The van der Waals surface area contributed by atoms with Gasteiger partial charge in [-0.1, -0.05) is 44.0 Å². The van der Waals surface area contributed by atoms with Crippen molar-refractivity contribution in [2.24, 2.45) is 0 Å². The second-order valence-electron chi connectivity index (χ2n) is 25.1. The number of hydrogen-bond donors (Lipinski definition) is 11. The smallest absolute Gasteiger partial charge is 0.494 e. The minimum absolute atomic E-state index is 0.104. The lowest BCUT2D eigenvalue weighted by atomic mass is 9.79. The number of hydrogen-bond acceptors (Lipinski definition) is 19. The van der Waals surface area contributed by atoms with E-state index in [1.165, 1.54) is 13.8 Å². The molecule has 11 N–H and O–H groups in total. The van der Waals surface area contributed by atoms with E-state index in [1.807, 2.05) is 64.1 Å². The van der Waals surface area contributed by atoms with E-state index in [1.54, 1.807) is 133 Å². The molecule has 0 saturated carbocycles. The lowest BCUT2D eigenvalue weighted by Crippen LogP contribution is -2.49. The average Bonchev–Trinajstić information content (AvgIpc) is 2.06. The topological polar surface area (TPSA) is 349 Å². The fourth-order valence-corrected chi connectivity index (χ4v) is 6.69. The summed E-state index contributed by atoms with van der Waals surface area (Å²) in [6.45, 7) is 34.8. The first-order valence-corrected chi connectivity index (χ1v) is 29.6. The zero-order valence-corrected chi connectivity index (χ0v) is 57.1. The van der Waals surface area contributed by atoms with Gasteiger partial charge in [0.05, 0.1) is 60.4 Å². The molecule has 0 aliphatic carbocycles. The number of carboxylic acid groups (broad SMARTS) is 1. The second-order valence-corrected chi connectivity index (χ2v) is 26.9. The van der Waals surface area contributed by atoms with Crippen molar-refractivity contribution in [1.29, 1.82) is 0 Å². The van der Waals surface area contributed by atoms with Gasteiger partial charge in [0.25, 0.3) is 0 Å². The summed E-state index contributed by atoms with van der Waals surface area (Å²) in [5, 5.41) is 73.8. The summed E-state index contributed by atoms with van der Waals surface area (Å²) in [5.74, 6) is 0.265. The molecule has 3 aromatic rings. The first-order chi connectivity index (χ1) is 39.5. The maximum atomic E-state index is 12.0.